The molecule has 3 aliphatic rings. The zero-order valence-electron chi connectivity index (χ0n) is 17.3. The van der Waals surface area contributed by atoms with E-state index in [1.54, 1.807) is 0 Å². The van der Waals surface area contributed by atoms with Crippen LogP contribution in [0.15, 0.2) is 35.3 Å². The number of ether oxygens (including phenoxy) is 1. The third kappa shape index (κ3) is 4.57. The Labute approximate surface area is 200 Å². The number of nitrogens with zero attached hydrogens (tertiary/aromatic N) is 2. The lowest BCUT2D eigenvalue weighted by atomic mass is 9.85. The second-order valence-electron chi connectivity index (χ2n) is 7.78. The van der Waals surface area contributed by atoms with Crippen LogP contribution >= 0.6 is 24.0 Å². The molecule has 2 fully saturated rings. The van der Waals surface area contributed by atoms with Crippen LogP contribution in [0.25, 0.3) is 0 Å². The number of carbonyl (C=O) groups excluding carboxylic acids is 2. The van der Waals surface area contributed by atoms with Crippen molar-refractivity contribution in [3.63, 3.8) is 0 Å². The van der Waals surface area contributed by atoms with Crippen LogP contribution in [-0.4, -0.2) is 49.4 Å². The summed E-state index contributed by atoms with van der Waals surface area (Å²) < 4.78 is 43.5. The highest BCUT2D eigenvalue weighted by Crippen LogP contribution is 2.52. The number of nitrogens with one attached hydrogen (secondary N) is 2. The Hall–Kier alpha value is -2.31. The number of likely N-dealkylation sites (tertiary alicyclic amines) is 1. The highest BCUT2D eigenvalue weighted by molar-refractivity contribution is 14.0. The third-order valence-corrected chi connectivity index (χ3v) is 6.14. The fourth-order valence-electron chi connectivity index (χ4n) is 4.78. The van der Waals surface area contributed by atoms with Crippen LogP contribution in [-0.2, 0) is 16.1 Å². The molecule has 0 spiro atoms. The highest BCUT2D eigenvalue weighted by Gasteiger charge is 2.58. The van der Waals surface area contributed by atoms with Gasteiger partial charge >= 0.3 is 6.61 Å². The van der Waals surface area contributed by atoms with Gasteiger partial charge in [0.2, 0.25) is 11.8 Å². The largest absolute Gasteiger partial charge is 0.434 e. The minimum absolute atomic E-state index is 0. The molecule has 4 rings (SSSR count). The van der Waals surface area contributed by atoms with Crippen molar-refractivity contribution < 1.29 is 27.5 Å². The van der Waals surface area contributed by atoms with E-state index in [9.17, 15) is 22.8 Å². The number of hydrogen-bond donors (Lipinski definition) is 2. The first kappa shape index (κ1) is 24.3. The Bertz CT molecular complexity index is 913. The summed E-state index contributed by atoms with van der Waals surface area (Å²) in [4.78, 5) is 30.7. The van der Waals surface area contributed by atoms with Crippen LogP contribution < -0.4 is 15.4 Å². The molecule has 1 saturated heterocycles. The SMILES string of the molecule is CN=C(NCCN1C(=O)C2C3C=CC(C3)C2C1=O)NCc1c(F)cccc1OC(F)F.I. The van der Waals surface area contributed by atoms with E-state index in [-0.39, 0.29) is 96.4 Å². The van der Waals surface area contributed by atoms with Gasteiger partial charge in [-0.3, -0.25) is 19.5 Å². The molecule has 1 heterocycles. The molecule has 11 heteroatoms. The zero-order chi connectivity index (χ0) is 22.1. The van der Waals surface area contributed by atoms with Crippen molar-refractivity contribution in [3.8, 4) is 5.75 Å². The molecule has 2 bridgehead atoms. The van der Waals surface area contributed by atoms with Crippen molar-refractivity contribution in [2.45, 2.75) is 19.6 Å². The fourth-order valence-corrected chi connectivity index (χ4v) is 4.78. The summed E-state index contributed by atoms with van der Waals surface area (Å²) >= 11 is 0. The standard InChI is InChI=1S/C21H23F3N4O3.HI/c1-25-21(27-10-13-14(22)3-2-4-15(13)31-20(23)24)26-7-8-28-18(29)16-11-5-6-12(9-11)17(16)19(28)30;/h2-6,11-12,16-17,20H,7-10H2,1H3,(H2,25,26,27);1H. The van der Waals surface area contributed by atoms with Crippen molar-refractivity contribution in [2.24, 2.45) is 28.7 Å². The van der Waals surface area contributed by atoms with Crippen molar-refractivity contribution in [1.82, 2.24) is 15.5 Å². The smallest absolute Gasteiger partial charge is 0.387 e. The van der Waals surface area contributed by atoms with E-state index in [2.05, 4.69) is 20.4 Å². The quantitative estimate of drug-likeness (QED) is 0.175. The average molecular weight is 564 g/mol. The van der Waals surface area contributed by atoms with Crippen LogP contribution in [0.2, 0.25) is 0 Å². The van der Waals surface area contributed by atoms with Crippen LogP contribution in [0.1, 0.15) is 12.0 Å². The first-order valence-electron chi connectivity index (χ1n) is 10.1. The molecule has 0 radical (unpaired) electrons. The predicted molar refractivity (Wildman–Crippen MR) is 121 cm³/mol. The summed E-state index contributed by atoms with van der Waals surface area (Å²) in [5.41, 5.74) is -0.0635. The van der Waals surface area contributed by atoms with Crippen LogP contribution in [0.4, 0.5) is 13.2 Å². The molecule has 4 unspecified atom stereocenters. The van der Waals surface area contributed by atoms with Gasteiger partial charge in [-0.15, -0.1) is 24.0 Å². The molecular weight excluding hydrogens is 540 g/mol. The van der Waals surface area contributed by atoms with Gasteiger partial charge in [0.25, 0.3) is 0 Å². The first-order valence-corrected chi connectivity index (χ1v) is 10.1. The van der Waals surface area contributed by atoms with E-state index in [4.69, 9.17) is 0 Å². The fraction of sp³-hybridized carbons (Fsp3) is 0.476. The van der Waals surface area contributed by atoms with E-state index in [1.807, 2.05) is 12.2 Å². The minimum atomic E-state index is -3.07. The molecule has 7 nitrogen and oxygen atoms in total. The van der Waals surface area contributed by atoms with Gasteiger partial charge in [-0.25, -0.2) is 4.39 Å². The second kappa shape index (κ2) is 10.1. The van der Waals surface area contributed by atoms with Crippen molar-refractivity contribution >= 4 is 41.8 Å². The normalized spacial score (nSPS) is 25.9. The summed E-state index contributed by atoms with van der Waals surface area (Å²) in [6.45, 7) is -2.78. The highest BCUT2D eigenvalue weighted by atomic mass is 127. The number of benzene rings is 1. The molecule has 2 N–H and O–H groups in total. The number of aliphatic imine (C=N–C) groups is 1. The Morgan fingerprint density at radius 2 is 1.84 bits per heavy atom. The number of amides is 2. The molecule has 0 aromatic heterocycles. The predicted octanol–water partition coefficient (Wildman–Crippen LogP) is 2.52. The van der Waals surface area contributed by atoms with Gasteiger partial charge < -0.3 is 15.4 Å². The summed E-state index contributed by atoms with van der Waals surface area (Å²) in [7, 11) is 1.49. The van der Waals surface area contributed by atoms with Gasteiger partial charge in [0.05, 0.1) is 11.8 Å². The summed E-state index contributed by atoms with van der Waals surface area (Å²) in [5.74, 6) is -1.11. The minimum Gasteiger partial charge on any atom is -0.434 e. The van der Waals surface area contributed by atoms with Crippen LogP contribution in [0, 0.1) is 29.5 Å². The van der Waals surface area contributed by atoms with E-state index in [0.29, 0.717) is 0 Å². The zero-order valence-corrected chi connectivity index (χ0v) is 19.6. The van der Waals surface area contributed by atoms with Crippen molar-refractivity contribution in [1.29, 1.82) is 0 Å². The number of imide groups is 1. The lowest BCUT2D eigenvalue weighted by Gasteiger charge is -2.19. The van der Waals surface area contributed by atoms with Gasteiger partial charge in [-0.2, -0.15) is 8.78 Å². The van der Waals surface area contributed by atoms with Gasteiger partial charge in [-0.1, -0.05) is 18.2 Å². The topological polar surface area (TPSA) is 83.0 Å². The molecule has 2 aliphatic carbocycles. The maximum atomic E-state index is 14.1. The molecule has 174 valence electrons. The van der Waals surface area contributed by atoms with Crippen molar-refractivity contribution in [2.75, 3.05) is 20.1 Å². The van der Waals surface area contributed by atoms with E-state index < -0.39 is 12.4 Å². The molecule has 32 heavy (non-hydrogen) atoms. The van der Waals surface area contributed by atoms with Crippen LogP contribution in [0.5, 0.6) is 5.75 Å². The van der Waals surface area contributed by atoms with Crippen LogP contribution in [0.3, 0.4) is 0 Å². The number of allylic oxidation sites excluding steroid dienone is 2. The summed E-state index contributed by atoms with van der Waals surface area (Å²) in [6.07, 6.45) is 4.96. The summed E-state index contributed by atoms with van der Waals surface area (Å²) in [6, 6.07) is 3.69. The van der Waals surface area contributed by atoms with Gasteiger partial charge in [0.1, 0.15) is 11.6 Å². The maximum Gasteiger partial charge on any atom is 0.387 e. The Kier molecular flexibility index (Phi) is 7.67. The summed E-state index contributed by atoms with van der Waals surface area (Å²) in [5, 5.41) is 5.78. The molecular formula is C21H24F3IN4O3. The Balaban J connectivity index is 0.00000289. The second-order valence-corrected chi connectivity index (χ2v) is 7.78. The van der Waals surface area contributed by atoms with Crippen molar-refractivity contribution in [3.05, 3.63) is 41.7 Å². The third-order valence-electron chi connectivity index (χ3n) is 6.14. The maximum absolute atomic E-state index is 14.1. The monoisotopic (exact) mass is 564 g/mol. The number of carbonyl (C=O) groups is 2. The van der Waals surface area contributed by atoms with Gasteiger partial charge in [-0.05, 0) is 30.4 Å². The molecule has 1 aromatic carbocycles. The van der Waals surface area contributed by atoms with E-state index >= 15 is 0 Å². The first-order chi connectivity index (χ1) is 14.9. The number of rotatable bonds is 7. The van der Waals surface area contributed by atoms with E-state index in [0.717, 1.165) is 12.5 Å². The number of guanidine groups is 1. The Morgan fingerprint density at radius 3 is 2.44 bits per heavy atom. The lowest BCUT2D eigenvalue weighted by molar-refractivity contribution is -0.140. The molecule has 1 aromatic rings. The molecule has 1 saturated carbocycles. The Morgan fingerprint density at radius 1 is 1.19 bits per heavy atom. The van der Waals surface area contributed by atoms with Gasteiger partial charge in [0.15, 0.2) is 5.96 Å². The number of fused-ring (bicyclic) bond motifs is 5. The molecule has 1 aliphatic heterocycles. The number of halogens is 4. The average Bonchev–Trinajstić information content (AvgIpc) is 3.41. The van der Waals surface area contributed by atoms with E-state index in [1.165, 1.54) is 24.1 Å². The number of hydrogen-bond acceptors (Lipinski definition) is 4. The molecule has 4 atom stereocenters. The van der Waals surface area contributed by atoms with Gasteiger partial charge in [0, 0.05) is 32.2 Å². The lowest BCUT2D eigenvalue weighted by Crippen LogP contribution is -2.43. The molecule has 2 amide bonds. The number of alkyl halides is 2.